The third kappa shape index (κ3) is 8.59. The van der Waals surface area contributed by atoms with E-state index in [2.05, 4.69) is 10.6 Å². The molecule has 0 saturated carbocycles. The van der Waals surface area contributed by atoms with Crippen molar-refractivity contribution in [3.05, 3.63) is 42.0 Å². The van der Waals surface area contributed by atoms with Crippen molar-refractivity contribution in [3.63, 3.8) is 0 Å². The summed E-state index contributed by atoms with van der Waals surface area (Å²) in [6, 6.07) is 9.13. The number of methoxy groups -OCH3 is 1. The molecular formula is C24H28N2O7S2. The van der Waals surface area contributed by atoms with Crippen molar-refractivity contribution in [2.45, 2.75) is 38.8 Å². The maximum atomic E-state index is 12.9. The predicted octanol–water partition coefficient (Wildman–Crippen LogP) is 2.57. The number of nitrogens with one attached hydrogen (secondary N) is 2. The second-order valence-electron chi connectivity index (χ2n) is 7.80. The van der Waals surface area contributed by atoms with Crippen LogP contribution in [0.3, 0.4) is 0 Å². The standard InChI is InChI=1S/C24H28N2O7S2/c1-13(16-5-6-18-10-19(33-4)8-7-17(18)9-16)23(31)34-12-21(26-15(3)28)24(32)35-11-20(22(29)30)25-14(2)27/h5-10,13,20-21H,11-12H2,1-4H3,(H,25,27)(H,26,28)(H,29,30)/t13-,20?,21?/m1/s1. The molecule has 2 aromatic rings. The topological polar surface area (TPSA) is 139 Å². The smallest absolute Gasteiger partial charge is 0.327 e. The lowest BCUT2D eigenvalue weighted by Crippen LogP contribution is -2.44. The molecule has 0 saturated heterocycles. The lowest BCUT2D eigenvalue weighted by molar-refractivity contribution is -0.140. The quantitative estimate of drug-likeness (QED) is 0.408. The molecule has 0 aliphatic carbocycles. The lowest BCUT2D eigenvalue weighted by Gasteiger charge is -2.18. The number of fused-ring (bicyclic) bond motifs is 1. The number of carboxylic acid groups (broad SMARTS) is 1. The molecule has 0 radical (unpaired) electrons. The summed E-state index contributed by atoms with van der Waals surface area (Å²) >= 11 is 1.61. The summed E-state index contributed by atoms with van der Waals surface area (Å²) in [7, 11) is 1.60. The highest BCUT2D eigenvalue weighted by Crippen LogP contribution is 2.28. The van der Waals surface area contributed by atoms with Crippen LogP contribution in [0.5, 0.6) is 5.75 Å². The van der Waals surface area contributed by atoms with Crippen molar-refractivity contribution in [2.24, 2.45) is 0 Å². The summed E-state index contributed by atoms with van der Waals surface area (Å²) in [5, 5.41) is 15.2. The third-order valence-electron chi connectivity index (χ3n) is 5.05. The van der Waals surface area contributed by atoms with Gasteiger partial charge in [-0.25, -0.2) is 4.79 Å². The fourth-order valence-corrected chi connectivity index (χ4v) is 5.12. The van der Waals surface area contributed by atoms with Crippen molar-refractivity contribution in [1.82, 2.24) is 10.6 Å². The normalized spacial score (nSPS) is 13.4. The van der Waals surface area contributed by atoms with Gasteiger partial charge in [0, 0.05) is 25.4 Å². The predicted molar refractivity (Wildman–Crippen MR) is 137 cm³/mol. The van der Waals surface area contributed by atoms with E-state index in [9.17, 15) is 29.1 Å². The van der Waals surface area contributed by atoms with E-state index in [0.717, 1.165) is 33.8 Å². The number of aliphatic carboxylic acids is 1. The second kappa shape index (κ2) is 13.1. The molecule has 3 atom stereocenters. The molecule has 0 spiro atoms. The molecule has 35 heavy (non-hydrogen) atoms. The van der Waals surface area contributed by atoms with Crippen molar-refractivity contribution in [2.75, 3.05) is 18.6 Å². The molecule has 2 amide bonds. The van der Waals surface area contributed by atoms with Crippen LogP contribution in [0.15, 0.2) is 36.4 Å². The highest BCUT2D eigenvalue weighted by atomic mass is 32.2. The minimum atomic E-state index is -1.27. The van der Waals surface area contributed by atoms with Crippen molar-refractivity contribution >= 4 is 62.3 Å². The van der Waals surface area contributed by atoms with E-state index < -0.39 is 40.9 Å². The first-order chi connectivity index (χ1) is 16.5. The van der Waals surface area contributed by atoms with Crippen LogP contribution in [0.1, 0.15) is 32.3 Å². The van der Waals surface area contributed by atoms with Gasteiger partial charge in [0.1, 0.15) is 17.8 Å². The highest BCUT2D eigenvalue weighted by molar-refractivity contribution is 8.15. The molecule has 2 rings (SSSR count). The average Bonchev–Trinajstić information content (AvgIpc) is 2.81. The van der Waals surface area contributed by atoms with Crippen LogP contribution in [-0.4, -0.2) is 63.8 Å². The first-order valence-electron chi connectivity index (χ1n) is 10.7. The molecule has 0 aromatic heterocycles. The van der Waals surface area contributed by atoms with Gasteiger partial charge in [-0.1, -0.05) is 54.7 Å². The van der Waals surface area contributed by atoms with Gasteiger partial charge < -0.3 is 20.5 Å². The molecule has 0 aliphatic heterocycles. The Morgan fingerprint density at radius 2 is 1.40 bits per heavy atom. The molecule has 9 nitrogen and oxygen atoms in total. The van der Waals surface area contributed by atoms with Gasteiger partial charge in [-0.15, -0.1) is 0 Å². The van der Waals surface area contributed by atoms with Gasteiger partial charge in [-0.05, 0) is 28.5 Å². The highest BCUT2D eigenvalue weighted by Gasteiger charge is 2.26. The molecule has 3 N–H and O–H groups in total. The van der Waals surface area contributed by atoms with E-state index in [4.69, 9.17) is 4.74 Å². The third-order valence-corrected chi connectivity index (χ3v) is 7.25. The summed E-state index contributed by atoms with van der Waals surface area (Å²) in [6.07, 6.45) is 0. The first-order valence-corrected chi connectivity index (χ1v) is 12.7. The van der Waals surface area contributed by atoms with Gasteiger partial charge in [0.05, 0.1) is 13.0 Å². The number of thioether (sulfide) groups is 2. The number of benzene rings is 2. The van der Waals surface area contributed by atoms with E-state index >= 15 is 0 Å². The van der Waals surface area contributed by atoms with Gasteiger partial charge >= 0.3 is 5.97 Å². The molecule has 0 aliphatic rings. The van der Waals surface area contributed by atoms with Gasteiger partial charge in [0.25, 0.3) is 0 Å². The number of ether oxygens (including phenoxy) is 1. The first kappa shape index (κ1) is 28.2. The maximum Gasteiger partial charge on any atom is 0.327 e. The zero-order valence-corrected chi connectivity index (χ0v) is 21.5. The molecule has 0 fully saturated rings. The van der Waals surface area contributed by atoms with Gasteiger partial charge in [0.15, 0.2) is 5.12 Å². The zero-order valence-electron chi connectivity index (χ0n) is 19.8. The molecule has 2 aromatic carbocycles. The van der Waals surface area contributed by atoms with Crippen LogP contribution in [0.4, 0.5) is 0 Å². The van der Waals surface area contributed by atoms with Gasteiger partial charge in [-0.3, -0.25) is 19.2 Å². The van der Waals surface area contributed by atoms with Crippen LogP contribution in [-0.2, 0) is 24.0 Å². The summed E-state index contributed by atoms with van der Waals surface area (Å²) in [6.45, 7) is 4.20. The van der Waals surface area contributed by atoms with Crippen molar-refractivity contribution < 1.29 is 33.8 Å². The summed E-state index contributed by atoms with van der Waals surface area (Å²) in [5.74, 6) is -2.19. The Bertz CT molecular complexity index is 1120. The fraction of sp³-hybridized carbons (Fsp3) is 0.375. The molecule has 11 heteroatoms. The number of carbonyl (C=O) groups excluding carboxylic acids is 4. The largest absolute Gasteiger partial charge is 0.497 e. The SMILES string of the molecule is COc1ccc2cc([C@@H](C)C(=O)SCC(NC(C)=O)C(=O)SCC(NC(C)=O)C(=O)O)ccc2c1. The van der Waals surface area contributed by atoms with Crippen LogP contribution >= 0.6 is 23.5 Å². The minimum Gasteiger partial charge on any atom is -0.497 e. The average molecular weight is 521 g/mol. The Hall–Kier alpha value is -3.05. The van der Waals surface area contributed by atoms with Crippen LogP contribution in [0.25, 0.3) is 10.8 Å². The van der Waals surface area contributed by atoms with E-state index in [-0.39, 0.29) is 16.6 Å². The number of rotatable bonds is 11. The number of hydrogen-bond acceptors (Lipinski definition) is 8. The van der Waals surface area contributed by atoms with E-state index in [1.807, 2.05) is 36.4 Å². The summed E-state index contributed by atoms with van der Waals surface area (Å²) < 4.78 is 5.23. The number of carbonyl (C=O) groups is 5. The Balaban J connectivity index is 2.03. The molecular weight excluding hydrogens is 492 g/mol. The molecule has 2 unspecified atom stereocenters. The Labute approximate surface area is 211 Å². The second-order valence-corrected chi connectivity index (χ2v) is 9.85. The van der Waals surface area contributed by atoms with Crippen LogP contribution in [0, 0.1) is 0 Å². The monoisotopic (exact) mass is 520 g/mol. The minimum absolute atomic E-state index is 0.00274. The Kier molecular flexibility index (Phi) is 10.6. The lowest BCUT2D eigenvalue weighted by atomic mass is 9.99. The van der Waals surface area contributed by atoms with E-state index in [0.29, 0.717) is 11.8 Å². The van der Waals surface area contributed by atoms with Crippen molar-refractivity contribution in [1.29, 1.82) is 0 Å². The van der Waals surface area contributed by atoms with Crippen LogP contribution < -0.4 is 15.4 Å². The van der Waals surface area contributed by atoms with Crippen molar-refractivity contribution in [3.8, 4) is 5.75 Å². The summed E-state index contributed by atoms with van der Waals surface area (Å²) in [5.41, 5.74) is 0.816. The van der Waals surface area contributed by atoms with E-state index in [1.54, 1.807) is 14.0 Å². The molecule has 0 bridgehead atoms. The van der Waals surface area contributed by atoms with Gasteiger partial charge in [-0.2, -0.15) is 0 Å². The van der Waals surface area contributed by atoms with Gasteiger partial charge in [0.2, 0.25) is 16.9 Å². The van der Waals surface area contributed by atoms with Crippen LogP contribution in [0.2, 0.25) is 0 Å². The number of carboxylic acids is 1. The fourth-order valence-electron chi connectivity index (χ4n) is 3.17. The number of hydrogen-bond donors (Lipinski definition) is 3. The van der Waals surface area contributed by atoms with E-state index in [1.165, 1.54) is 13.8 Å². The maximum absolute atomic E-state index is 12.9. The summed E-state index contributed by atoms with van der Waals surface area (Å²) in [4.78, 5) is 59.5. The molecule has 0 heterocycles. The zero-order chi connectivity index (χ0) is 26.1. The number of amides is 2. The molecule has 188 valence electrons. The Morgan fingerprint density at radius 3 is 2.00 bits per heavy atom. The Morgan fingerprint density at radius 1 is 0.857 bits per heavy atom.